The van der Waals surface area contributed by atoms with E-state index in [4.69, 9.17) is 4.98 Å². The molecule has 0 radical (unpaired) electrons. The van der Waals surface area contributed by atoms with E-state index in [0.29, 0.717) is 18.4 Å². The van der Waals surface area contributed by atoms with E-state index < -0.39 is 11.0 Å². The molecule has 32 heavy (non-hydrogen) atoms. The van der Waals surface area contributed by atoms with Gasteiger partial charge >= 0.3 is 0 Å². The summed E-state index contributed by atoms with van der Waals surface area (Å²) in [6.45, 7) is 6.94. The lowest BCUT2D eigenvalue weighted by atomic mass is 9.90. The van der Waals surface area contributed by atoms with E-state index in [1.807, 2.05) is 37.5 Å². The van der Waals surface area contributed by atoms with Gasteiger partial charge in [-0.2, -0.15) is 0 Å². The zero-order valence-corrected chi connectivity index (χ0v) is 20.7. The summed E-state index contributed by atoms with van der Waals surface area (Å²) in [5.41, 5.74) is 3.09. The molecule has 7 heteroatoms. The fourth-order valence-electron chi connectivity index (χ4n) is 4.14. The van der Waals surface area contributed by atoms with E-state index in [0.717, 1.165) is 26.8 Å². The second kappa shape index (κ2) is 10.7. The van der Waals surface area contributed by atoms with Gasteiger partial charge in [-0.25, -0.2) is 18.9 Å². The first-order valence-corrected chi connectivity index (χ1v) is 13.5. The summed E-state index contributed by atoms with van der Waals surface area (Å²) >= 11 is 1.75. The molecule has 2 N–H and O–H groups in total. The average molecular weight is 469 g/mol. The smallest absolute Gasteiger partial charge is 0.130 e. The van der Waals surface area contributed by atoms with Crippen LogP contribution >= 0.6 is 11.3 Å². The van der Waals surface area contributed by atoms with E-state index in [1.165, 1.54) is 42.7 Å². The summed E-state index contributed by atoms with van der Waals surface area (Å²) < 4.78 is 16.1. The molecule has 3 aromatic rings. The minimum atomic E-state index is -1.30. The van der Waals surface area contributed by atoms with Crippen molar-refractivity contribution in [2.24, 2.45) is 0 Å². The van der Waals surface area contributed by atoms with Gasteiger partial charge in [0.15, 0.2) is 0 Å². The maximum atomic E-state index is 13.0. The number of aromatic nitrogens is 2. The van der Waals surface area contributed by atoms with Crippen LogP contribution in [0.15, 0.2) is 47.6 Å². The first-order valence-electron chi connectivity index (χ1n) is 11.5. The van der Waals surface area contributed by atoms with Crippen LogP contribution in [0.3, 0.4) is 0 Å². The van der Waals surface area contributed by atoms with Gasteiger partial charge < -0.3 is 5.32 Å². The lowest BCUT2D eigenvalue weighted by molar-refractivity contribution is 0.442. The van der Waals surface area contributed by atoms with Gasteiger partial charge in [-0.3, -0.25) is 0 Å². The summed E-state index contributed by atoms with van der Waals surface area (Å²) in [7, 11) is -1.30. The Bertz CT molecular complexity index is 1070. The summed E-state index contributed by atoms with van der Waals surface area (Å²) in [6, 6.07) is 10.2. The molecular weight excluding hydrogens is 436 g/mol. The van der Waals surface area contributed by atoms with Crippen molar-refractivity contribution >= 4 is 33.8 Å². The second-order valence-corrected chi connectivity index (χ2v) is 11.0. The number of nitrogens with one attached hydrogen (secondary N) is 2. The number of benzene rings is 1. The van der Waals surface area contributed by atoms with Crippen molar-refractivity contribution in [1.82, 2.24) is 14.7 Å². The first-order chi connectivity index (χ1) is 15.5. The maximum Gasteiger partial charge on any atom is 0.130 e. The number of thiazole rings is 1. The first kappa shape index (κ1) is 23.1. The van der Waals surface area contributed by atoms with Crippen LogP contribution in [-0.4, -0.2) is 20.7 Å². The van der Waals surface area contributed by atoms with E-state index in [9.17, 15) is 4.21 Å². The van der Waals surface area contributed by atoms with Crippen LogP contribution in [0, 0.1) is 0 Å². The van der Waals surface area contributed by atoms with Crippen molar-refractivity contribution in [2.75, 3.05) is 11.9 Å². The SMILES string of the molecule is CCNS(=O)c1cc(Nc2cc(C(C)C)ccn2)ccc1-c1cnc(C2CCCCC2)s1. The Hall–Kier alpha value is -2.09. The molecule has 2 heterocycles. The van der Waals surface area contributed by atoms with Crippen LogP contribution in [-0.2, 0) is 11.0 Å². The summed E-state index contributed by atoms with van der Waals surface area (Å²) in [5.74, 6) is 1.80. The second-order valence-electron chi connectivity index (χ2n) is 8.63. The molecule has 170 valence electrons. The minimum absolute atomic E-state index is 0.433. The van der Waals surface area contributed by atoms with E-state index >= 15 is 0 Å². The molecule has 1 aliphatic rings. The standard InChI is InChI=1S/C25H32N4OS2/c1-4-28-32(30)23-15-20(29-24-14-19(17(2)3)12-13-26-24)10-11-21(23)22-16-27-25(31-22)18-8-6-5-7-9-18/h10-18,28H,4-9H2,1-3H3,(H,26,29). The Morgan fingerprint density at radius 1 is 1.12 bits per heavy atom. The van der Waals surface area contributed by atoms with E-state index in [1.54, 1.807) is 11.3 Å². The third-order valence-electron chi connectivity index (χ3n) is 5.92. The zero-order chi connectivity index (χ0) is 22.5. The monoisotopic (exact) mass is 468 g/mol. The molecule has 1 saturated carbocycles. The number of rotatable bonds is 8. The third-order valence-corrected chi connectivity index (χ3v) is 8.40. The number of hydrogen-bond acceptors (Lipinski definition) is 5. The van der Waals surface area contributed by atoms with Crippen LogP contribution in [0.1, 0.15) is 75.3 Å². The molecule has 0 saturated heterocycles. The van der Waals surface area contributed by atoms with Crippen LogP contribution in [0.2, 0.25) is 0 Å². The van der Waals surface area contributed by atoms with Gasteiger partial charge in [0.1, 0.15) is 16.8 Å². The molecule has 1 fully saturated rings. The van der Waals surface area contributed by atoms with Crippen molar-refractivity contribution in [3.05, 3.63) is 53.3 Å². The predicted octanol–water partition coefficient (Wildman–Crippen LogP) is 6.75. The van der Waals surface area contributed by atoms with Crippen molar-refractivity contribution in [2.45, 2.75) is 69.6 Å². The molecule has 1 atom stereocenters. The van der Waals surface area contributed by atoms with Crippen molar-refractivity contribution < 1.29 is 4.21 Å². The summed E-state index contributed by atoms with van der Waals surface area (Å²) in [4.78, 5) is 11.1. The Balaban J connectivity index is 1.64. The van der Waals surface area contributed by atoms with Gasteiger partial charge in [0.2, 0.25) is 0 Å². The Morgan fingerprint density at radius 2 is 1.94 bits per heavy atom. The minimum Gasteiger partial charge on any atom is -0.340 e. The number of anilines is 2. The molecule has 5 nitrogen and oxygen atoms in total. The maximum absolute atomic E-state index is 13.0. The predicted molar refractivity (Wildman–Crippen MR) is 135 cm³/mol. The highest BCUT2D eigenvalue weighted by molar-refractivity contribution is 7.83. The molecule has 2 aromatic heterocycles. The fourth-order valence-corrected chi connectivity index (χ4v) is 6.36. The molecular formula is C25H32N4OS2. The van der Waals surface area contributed by atoms with Crippen molar-refractivity contribution in [3.63, 3.8) is 0 Å². The van der Waals surface area contributed by atoms with Gasteiger partial charge in [-0.1, -0.05) is 46.1 Å². The summed E-state index contributed by atoms with van der Waals surface area (Å²) in [5, 5.41) is 4.61. The fraction of sp³-hybridized carbons (Fsp3) is 0.440. The van der Waals surface area contributed by atoms with Crippen LogP contribution < -0.4 is 10.0 Å². The molecule has 0 aliphatic heterocycles. The molecule has 1 unspecified atom stereocenters. The zero-order valence-electron chi connectivity index (χ0n) is 19.1. The molecule has 0 amide bonds. The highest BCUT2D eigenvalue weighted by atomic mass is 32.2. The molecule has 1 aromatic carbocycles. The van der Waals surface area contributed by atoms with Crippen LogP contribution in [0.5, 0.6) is 0 Å². The lowest BCUT2D eigenvalue weighted by Gasteiger charge is -2.18. The lowest BCUT2D eigenvalue weighted by Crippen LogP contribution is -2.17. The normalized spacial score (nSPS) is 15.8. The quantitative estimate of drug-likeness (QED) is 0.384. The van der Waals surface area contributed by atoms with Crippen molar-refractivity contribution in [1.29, 1.82) is 0 Å². The van der Waals surface area contributed by atoms with Gasteiger partial charge in [-0.15, -0.1) is 11.3 Å². The molecule has 0 spiro atoms. The van der Waals surface area contributed by atoms with Gasteiger partial charge in [0.05, 0.1) is 14.8 Å². The topological polar surface area (TPSA) is 66.9 Å². The molecule has 0 bridgehead atoms. The Labute approximate surface area is 197 Å². The number of nitrogens with zero attached hydrogens (tertiary/aromatic N) is 2. The number of pyridine rings is 1. The third kappa shape index (κ3) is 5.45. The molecule has 4 rings (SSSR count). The highest BCUT2D eigenvalue weighted by Gasteiger charge is 2.21. The Kier molecular flexibility index (Phi) is 7.71. The average Bonchev–Trinajstić information content (AvgIpc) is 3.30. The number of hydrogen-bond donors (Lipinski definition) is 2. The van der Waals surface area contributed by atoms with Crippen LogP contribution in [0.25, 0.3) is 10.4 Å². The van der Waals surface area contributed by atoms with Gasteiger partial charge in [0.25, 0.3) is 0 Å². The van der Waals surface area contributed by atoms with E-state index in [-0.39, 0.29) is 0 Å². The molecule has 1 aliphatic carbocycles. The van der Waals surface area contributed by atoms with Crippen molar-refractivity contribution in [3.8, 4) is 10.4 Å². The largest absolute Gasteiger partial charge is 0.340 e. The highest BCUT2D eigenvalue weighted by Crippen LogP contribution is 2.39. The van der Waals surface area contributed by atoms with Crippen LogP contribution in [0.4, 0.5) is 11.5 Å². The summed E-state index contributed by atoms with van der Waals surface area (Å²) in [6.07, 6.45) is 10.2. The van der Waals surface area contributed by atoms with Gasteiger partial charge in [-0.05, 0) is 48.6 Å². The van der Waals surface area contributed by atoms with E-state index in [2.05, 4.69) is 41.0 Å². The van der Waals surface area contributed by atoms with Gasteiger partial charge in [0, 0.05) is 36.1 Å². The Morgan fingerprint density at radius 3 is 2.69 bits per heavy atom.